The van der Waals surface area contributed by atoms with Gasteiger partial charge in [-0.05, 0) is 33.5 Å². The number of nitrogens with zero attached hydrogens (tertiary/aromatic N) is 1. The molecular weight excluding hydrogens is 264 g/mol. The molecular formula is C17H28N2O2. The molecule has 1 unspecified atom stereocenters. The third kappa shape index (κ3) is 6.27. The number of carbonyl (C=O) groups is 1. The second-order valence-corrected chi connectivity index (χ2v) is 6.33. The van der Waals surface area contributed by atoms with E-state index in [1.165, 1.54) is 0 Å². The molecule has 0 aliphatic carbocycles. The Balaban J connectivity index is 2.28. The van der Waals surface area contributed by atoms with Gasteiger partial charge in [0.2, 0.25) is 0 Å². The van der Waals surface area contributed by atoms with E-state index < -0.39 is 0 Å². The molecule has 0 fully saturated rings. The number of hydrogen-bond acceptors (Lipinski definition) is 4. The Morgan fingerprint density at radius 2 is 1.90 bits per heavy atom. The van der Waals surface area contributed by atoms with Crippen molar-refractivity contribution in [3.05, 3.63) is 35.9 Å². The monoisotopic (exact) mass is 292 g/mol. The number of ether oxygens (including phenoxy) is 1. The fourth-order valence-corrected chi connectivity index (χ4v) is 1.71. The third-order valence-electron chi connectivity index (χ3n) is 3.85. The largest absolute Gasteiger partial charge is 0.461 e. The first-order valence-corrected chi connectivity index (χ1v) is 7.41. The minimum atomic E-state index is -0.158. The number of esters is 1. The van der Waals surface area contributed by atoms with E-state index in [2.05, 4.69) is 38.2 Å². The van der Waals surface area contributed by atoms with Crippen LogP contribution in [0.3, 0.4) is 0 Å². The molecule has 21 heavy (non-hydrogen) atoms. The average Bonchev–Trinajstić information content (AvgIpc) is 2.45. The van der Waals surface area contributed by atoms with Crippen molar-refractivity contribution in [3.63, 3.8) is 0 Å². The maximum atomic E-state index is 11.9. The summed E-state index contributed by atoms with van der Waals surface area (Å²) in [5, 5.41) is 3.34. The van der Waals surface area contributed by atoms with Crippen molar-refractivity contribution in [1.29, 1.82) is 0 Å². The summed E-state index contributed by atoms with van der Waals surface area (Å²) in [6.45, 7) is 8.02. The van der Waals surface area contributed by atoms with E-state index in [4.69, 9.17) is 4.74 Å². The molecule has 4 heteroatoms. The van der Waals surface area contributed by atoms with Gasteiger partial charge in [-0.1, -0.05) is 37.3 Å². The van der Waals surface area contributed by atoms with Crippen LogP contribution in [-0.4, -0.2) is 43.6 Å². The molecule has 0 spiro atoms. The Morgan fingerprint density at radius 3 is 2.48 bits per heavy atom. The van der Waals surface area contributed by atoms with Gasteiger partial charge in [0.25, 0.3) is 0 Å². The molecule has 0 saturated heterocycles. The van der Waals surface area contributed by atoms with Crippen LogP contribution in [0.2, 0.25) is 0 Å². The SMILES string of the molecule is CC(CNCC(C)(C)N(C)C)C(=O)OCc1ccccc1. The average molecular weight is 292 g/mol. The lowest BCUT2D eigenvalue weighted by atomic mass is 10.0. The molecule has 0 amide bonds. The predicted molar refractivity (Wildman–Crippen MR) is 86.0 cm³/mol. The number of benzene rings is 1. The second-order valence-electron chi connectivity index (χ2n) is 6.33. The Hall–Kier alpha value is -1.39. The van der Waals surface area contributed by atoms with E-state index in [0.717, 1.165) is 12.1 Å². The van der Waals surface area contributed by atoms with Crippen molar-refractivity contribution in [3.8, 4) is 0 Å². The quantitative estimate of drug-likeness (QED) is 0.747. The van der Waals surface area contributed by atoms with Crippen molar-refractivity contribution >= 4 is 5.97 Å². The second kappa shape index (κ2) is 8.15. The topological polar surface area (TPSA) is 41.6 Å². The van der Waals surface area contributed by atoms with Crippen LogP contribution < -0.4 is 5.32 Å². The Bertz CT molecular complexity index is 430. The van der Waals surface area contributed by atoms with Gasteiger partial charge < -0.3 is 15.0 Å². The van der Waals surface area contributed by atoms with Crippen LogP contribution in [0.25, 0.3) is 0 Å². The van der Waals surface area contributed by atoms with Crippen LogP contribution >= 0.6 is 0 Å². The number of rotatable bonds is 8. The molecule has 1 aromatic carbocycles. The number of hydrogen-bond donors (Lipinski definition) is 1. The van der Waals surface area contributed by atoms with E-state index in [0.29, 0.717) is 13.2 Å². The summed E-state index contributed by atoms with van der Waals surface area (Å²) >= 11 is 0. The van der Waals surface area contributed by atoms with E-state index in [9.17, 15) is 4.79 Å². The summed E-state index contributed by atoms with van der Waals surface area (Å²) in [6.07, 6.45) is 0. The molecule has 1 aromatic rings. The van der Waals surface area contributed by atoms with Crippen LogP contribution in [0, 0.1) is 5.92 Å². The minimum absolute atomic E-state index is 0.0632. The molecule has 118 valence electrons. The molecule has 0 aromatic heterocycles. The van der Waals surface area contributed by atoms with Gasteiger partial charge in [-0.25, -0.2) is 0 Å². The Kier molecular flexibility index (Phi) is 6.85. The molecule has 1 N–H and O–H groups in total. The molecule has 0 saturated carbocycles. The van der Waals surface area contributed by atoms with Gasteiger partial charge in [0.15, 0.2) is 0 Å². The van der Waals surface area contributed by atoms with Crippen LogP contribution in [0.4, 0.5) is 0 Å². The van der Waals surface area contributed by atoms with Gasteiger partial charge in [0, 0.05) is 18.6 Å². The predicted octanol–water partition coefficient (Wildman–Crippen LogP) is 2.30. The lowest BCUT2D eigenvalue weighted by Gasteiger charge is -2.33. The van der Waals surface area contributed by atoms with Crippen molar-refractivity contribution in [2.75, 3.05) is 27.2 Å². The zero-order chi connectivity index (χ0) is 15.9. The normalized spacial score (nSPS) is 13.2. The minimum Gasteiger partial charge on any atom is -0.461 e. The van der Waals surface area contributed by atoms with Gasteiger partial charge in [0.05, 0.1) is 5.92 Å². The molecule has 0 bridgehead atoms. The highest BCUT2D eigenvalue weighted by Gasteiger charge is 2.21. The fourth-order valence-electron chi connectivity index (χ4n) is 1.71. The standard InChI is InChI=1S/C17H28N2O2/c1-14(11-18-13-17(2,3)19(4)5)16(20)21-12-15-9-7-6-8-10-15/h6-10,14,18H,11-13H2,1-5H3. The highest BCUT2D eigenvalue weighted by atomic mass is 16.5. The summed E-state index contributed by atoms with van der Waals surface area (Å²) < 4.78 is 5.33. The molecule has 1 rings (SSSR count). The van der Waals surface area contributed by atoms with Crippen molar-refractivity contribution in [2.45, 2.75) is 32.9 Å². The van der Waals surface area contributed by atoms with E-state index >= 15 is 0 Å². The fraction of sp³-hybridized carbons (Fsp3) is 0.588. The van der Waals surface area contributed by atoms with Crippen molar-refractivity contribution in [1.82, 2.24) is 10.2 Å². The zero-order valence-electron chi connectivity index (χ0n) is 13.8. The molecule has 4 nitrogen and oxygen atoms in total. The summed E-state index contributed by atoms with van der Waals surface area (Å²) in [5.74, 6) is -0.305. The van der Waals surface area contributed by atoms with Gasteiger partial charge >= 0.3 is 5.97 Å². The molecule has 0 aliphatic rings. The van der Waals surface area contributed by atoms with Crippen LogP contribution in [0.5, 0.6) is 0 Å². The van der Waals surface area contributed by atoms with Crippen LogP contribution in [0.15, 0.2) is 30.3 Å². The van der Waals surface area contributed by atoms with Gasteiger partial charge in [-0.15, -0.1) is 0 Å². The maximum absolute atomic E-state index is 11.9. The lowest BCUT2D eigenvalue weighted by Crippen LogP contribution is -2.47. The Morgan fingerprint density at radius 1 is 1.29 bits per heavy atom. The van der Waals surface area contributed by atoms with Crippen LogP contribution in [-0.2, 0) is 16.1 Å². The van der Waals surface area contributed by atoms with Gasteiger partial charge in [-0.2, -0.15) is 0 Å². The highest BCUT2D eigenvalue weighted by molar-refractivity contribution is 5.72. The van der Waals surface area contributed by atoms with Gasteiger partial charge in [-0.3, -0.25) is 4.79 Å². The molecule has 1 atom stereocenters. The van der Waals surface area contributed by atoms with Crippen molar-refractivity contribution < 1.29 is 9.53 Å². The molecule has 0 aliphatic heterocycles. The van der Waals surface area contributed by atoms with Gasteiger partial charge in [0.1, 0.15) is 6.61 Å². The first-order chi connectivity index (χ1) is 9.83. The Labute approximate surface area is 128 Å². The lowest BCUT2D eigenvalue weighted by molar-refractivity contribution is -0.149. The summed E-state index contributed by atoms with van der Waals surface area (Å²) in [4.78, 5) is 14.1. The van der Waals surface area contributed by atoms with E-state index in [-0.39, 0.29) is 17.4 Å². The van der Waals surface area contributed by atoms with Crippen molar-refractivity contribution in [2.24, 2.45) is 5.92 Å². The smallest absolute Gasteiger partial charge is 0.310 e. The number of nitrogens with one attached hydrogen (secondary N) is 1. The molecule has 0 heterocycles. The summed E-state index contributed by atoms with van der Waals surface area (Å²) in [5.41, 5.74) is 1.08. The first kappa shape index (κ1) is 17.7. The number of carbonyl (C=O) groups excluding carboxylic acids is 1. The van der Waals surface area contributed by atoms with E-state index in [1.807, 2.05) is 37.3 Å². The first-order valence-electron chi connectivity index (χ1n) is 7.41. The maximum Gasteiger partial charge on any atom is 0.310 e. The highest BCUT2D eigenvalue weighted by Crippen LogP contribution is 2.09. The number of likely N-dealkylation sites (N-methyl/N-ethyl adjacent to an activating group) is 1. The van der Waals surface area contributed by atoms with E-state index in [1.54, 1.807) is 0 Å². The summed E-state index contributed by atoms with van der Waals surface area (Å²) in [6, 6.07) is 9.74. The van der Waals surface area contributed by atoms with Crippen LogP contribution in [0.1, 0.15) is 26.3 Å². The molecule has 0 radical (unpaired) electrons. The zero-order valence-corrected chi connectivity index (χ0v) is 13.8. The summed E-state index contributed by atoms with van der Waals surface area (Å²) in [7, 11) is 4.11. The third-order valence-corrected chi connectivity index (χ3v) is 3.85.